The number of ether oxygens (including phenoxy) is 1. The second-order valence-electron chi connectivity index (χ2n) is 6.91. The first-order chi connectivity index (χ1) is 12.5. The summed E-state index contributed by atoms with van der Waals surface area (Å²) in [5.41, 5.74) is 3.02. The number of carbonyl (C=O) groups is 2. The maximum Gasteiger partial charge on any atom is 0.317 e. The van der Waals surface area contributed by atoms with E-state index >= 15 is 0 Å². The lowest BCUT2D eigenvalue weighted by atomic mass is 9.74. The normalized spacial score (nSPS) is 20.2. The van der Waals surface area contributed by atoms with Crippen LogP contribution in [0.25, 0.3) is 5.57 Å². The quantitative estimate of drug-likeness (QED) is 0.577. The van der Waals surface area contributed by atoms with Crippen molar-refractivity contribution in [3.63, 3.8) is 0 Å². The van der Waals surface area contributed by atoms with Crippen LogP contribution in [0.2, 0.25) is 0 Å². The molecule has 4 heteroatoms. The average molecular weight is 352 g/mol. The molecular weight excluding hydrogens is 328 g/mol. The molecule has 3 rings (SSSR count). The Morgan fingerprint density at radius 2 is 1.96 bits per heavy atom. The van der Waals surface area contributed by atoms with Crippen molar-refractivity contribution >= 4 is 17.3 Å². The standard InChI is InChI=1S/C22H24O4/c1-4-25-22(24)21-18(16-9-7-15(8-10-16)14(2)3)12-17(13-19(21)23)20-6-5-11-26-20/h5-11,13-14,18,21H,4,12H2,1-3H3/t18-,21+/m0/s1. The number of ketones is 1. The molecule has 2 atom stereocenters. The topological polar surface area (TPSA) is 56.5 Å². The smallest absolute Gasteiger partial charge is 0.317 e. The first-order valence-corrected chi connectivity index (χ1v) is 9.06. The van der Waals surface area contributed by atoms with E-state index in [1.54, 1.807) is 19.3 Å². The number of hydrogen-bond acceptors (Lipinski definition) is 4. The van der Waals surface area contributed by atoms with Crippen LogP contribution in [0.1, 0.15) is 55.9 Å². The maximum absolute atomic E-state index is 12.8. The molecule has 0 amide bonds. The molecule has 1 aliphatic rings. The number of carbonyl (C=O) groups excluding carboxylic acids is 2. The van der Waals surface area contributed by atoms with E-state index in [4.69, 9.17) is 9.15 Å². The largest absolute Gasteiger partial charge is 0.465 e. The van der Waals surface area contributed by atoms with Gasteiger partial charge in [0.15, 0.2) is 5.78 Å². The molecule has 26 heavy (non-hydrogen) atoms. The number of rotatable bonds is 5. The van der Waals surface area contributed by atoms with E-state index in [1.807, 2.05) is 18.2 Å². The van der Waals surface area contributed by atoms with Gasteiger partial charge in [-0.3, -0.25) is 9.59 Å². The lowest BCUT2D eigenvalue weighted by Gasteiger charge is -2.29. The Balaban J connectivity index is 1.98. The van der Waals surface area contributed by atoms with Crippen LogP contribution >= 0.6 is 0 Å². The average Bonchev–Trinajstić information content (AvgIpc) is 3.16. The van der Waals surface area contributed by atoms with Crippen LogP contribution in [0, 0.1) is 5.92 Å². The van der Waals surface area contributed by atoms with E-state index in [0.29, 0.717) is 18.1 Å². The van der Waals surface area contributed by atoms with Crippen LogP contribution in [-0.4, -0.2) is 18.4 Å². The second kappa shape index (κ2) is 7.73. The predicted molar refractivity (Wildman–Crippen MR) is 99.7 cm³/mol. The van der Waals surface area contributed by atoms with Crippen molar-refractivity contribution in [2.75, 3.05) is 6.61 Å². The van der Waals surface area contributed by atoms with Gasteiger partial charge in [-0.05, 0) is 54.2 Å². The molecule has 0 bridgehead atoms. The van der Waals surface area contributed by atoms with Crippen molar-refractivity contribution in [2.45, 2.75) is 39.0 Å². The molecule has 0 unspecified atom stereocenters. The van der Waals surface area contributed by atoms with Crippen LogP contribution in [0.4, 0.5) is 0 Å². The summed E-state index contributed by atoms with van der Waals surface area (Å²) < 4.78 is 10.6. The lowest BCUT2D eigenvalue weighted by molar-refractivity contribution is -0.151. The third-order valence-corrected chi connectivity index (χ3v) is 4.87. The molecule has 0 fully saturated rings. The Kier molecular flexibility index (Phi) is 5.40. The summed E-state index contributed by atoms with van der Waals surface area (Å²) in [4.78, 5) is 25.2. The molecule has 0 spiro atoms. The lowest BCUT2D eigenvalue weighted by Crippen LogP contribution is -2.34. The van der Waals surface area contributed by atoms with Gasteiger partial charge in [-0.2, -0.15) is 0 Å². The Labute approximate surface area is 153 Å². The molecule has 2 aromatic rings. The monoisotopic (exact) mass is 352 g/mol. The van der Waals surface area contributed by atoms with Crippen molar-refractivity contribution < 1.29 is 18.7 Å². The van der Waals surface area contributed by atoms with E-state index in [9.17, 15) is 9.59 Å². The zero-order chi connectivity index (χ0) is 18.7. The van der Waals surface area contributed by atoms with Gasteiger partial charge < -0.3 is 9.15 Å². The van der Waals surface area contributed by atoms with Crippen molar-refractivity contribution in [2.24, 2.45) is 5.92 Å². The summed E-state index contributed by atoms with van der Waals surface area (Å²) >= 11 is 0. The minimum atomic E-state index is -0.807. The number of furan rings is 1. The van der Waals surface area contributed by atoms with E-state index in [1.165, 1.54) is 11.6 Å². The highest BCUT2D eigenvalue weighted by Gasteiger charge is 2.40. The summed E-state index contributed by atoms with van der Waals surface area (Å²) in [6.07, 6.45) is 3.67. The molecular formula is C22H24O4. The fourth-order valence-corrected chi connectivity index (χ4v) is 3.46. The van der Waals surface area contributed by atoms with Gasteiger partial charge in [-0.25, -0.2) is 0 Å². The molecule has 1 aromatic carbocycles. The Morgan fingerprint density at radius 1 is 1.23 bits per heavy atom. The van der Waals surface area contributed by atoms with Gasteiger partial charge >= 0.3 is 5.97 Å². The number of allylic oxidation sites excluding steroid dienone is 2. The molecule has 0 N–H and O–H groups in total. The van der Waals surface area contributed by atoms with Crippen molar-refractivity contribution in [1.82, 2.24) is 0 Å². The first kappa shape index (κ1) is 18.2. The second-order valence-corrected chi connectivity index (χ2v) is 6.91. The molecule has 0 saturated heterocycles. The molecule has 1 aromatic heterocycles. The summed E-state index contributed by atoms with van der Waals surface area (Å²) in [6, 6.07) is 11.8. The van der Waals surface area contributed by atoms with Crippen LogP contribution in [0.5, 0.6) is 0 Å². The van der Waals surface area contributed by atoms with Crippen LogP contribution in [0.15, 0.2) is 53.2 Å². The molecule has 1 heterocycles. The van der Waals surface area contributed by atoms with E-state index < -0.39 is 11.9 Å². The fourth-order valence-electron chi connectivity index (χ4n) is 3.46. The third kappa shape index (κ3) is 3.64. The van der Waals surface area contributed by atoms with Crippen LogP contribution < -0.4 is 0 Å². The highest BCUT2D eigenvalue weighted by molar-refractivity contribution is 6.10. The zero-order valence-electron chi connectivity index (χ0n) is 15.4. The third-order valence-electron chi connectivity index (χ3n) is 4.87. The van der Waals surface area contributed by atoms with Crippen molar-refractivity contribution in [3.8, 4) is 0 Å². The van der Waals surface area contributed by atoms with Crippen LogP contribution in [-0.2, 0) is 14.3 Å². The van der Waals surface area contributed by atoms with Gasteiger partial charge in [0.2, 0.25) is 0 Å². The van der Waals surface area contributed by atoms with E-state index in [2.05, 4.69) is 26.0 Å². The summed E-state index contributed by atoms with van der Waals surface area (Å²) in [6.45, 7) is 6.29. The zero-order valence-corrected chi connectivity index (χ0v) is 15.4. The summed E-state index contributed by atoms with van der Waals surface area (Å²) in [5.74, 6) is -0.642. The molecule has 0 saturated carbocycles. The Hall–Kier alpha value is -2.62. The molecule has 0 aliphatic heterocycles. The van der Waals surface area contributed by atoms with Crippen molar-refractivity contribution in [3.05, 3.63) is 65.6 Å². The predicted octanol–water partition coefficient (Wildman–Crippen LogP) is 4.72. The highest BCUT2D eigenvalue weighted by Crippen LogP contribution is 2.40. The highest BCUT2D eigenvalue weighted by atomic mass is 16.5. The Morgan fingerprint density at radius 3 is 2.54 bits per heavy atom. The molecule has 136 valence electrons. The Bertz CT molecular complexity index is 797. The van der Waals surface area contributed by atoms with Gasteiger partial charge in [-0.1, -0.05) is 38.1 Å². The van der Waals surface area contributed by atoms with Gasteiger partial charge in [0, 0.05) is 5.92 Å². The SMILES string of the molecule is CCOC(=O)[C@H]1C(=O)C=C(c2ccco2)C[C@H]1c1ccc(C(C)C)cc1. The van der Waals surface area contributed by atoms with Crippen LogP contribution in [0.3, 0.4) is 0 Å². The minimum Gasteiger partial charge on any atom is -0.465 e. The fraction of sp³-hybridized carbons (Fsp3) is 0.364. The van der Waals surface area contributed by atoms with Gasteiger partial charge in [0.05, 0.1) is 12.9 Å². The number of esters is 1. The van der Waals surface area contributed by atoms with Gasteiger partial charge in [-0.15, -0.1) is 0 Å². The number of hydrogen-bond donors (Lipinski definition) is 0. The minimum absolute atomic E-state index is 0.223. The molecule has 0 radical (unpaired) electrons. The molecule has 1 aliphatic carbocycles. The number of benzene rings is 1. The van der Waals surface area contributed by atoms with Gasteiger partial charge in [0.25, 0.3) is 0 Å². The summed E-state index contributed by atoms with van der Waals surface area (Å²) in [5, 5.41) is 0. The van der Waals surface area contributed by atoms with Crippen molar-refractivity contribution in [1.29, 1.82) is 0 Å². The summed E-state index contributed by atoms with van der Waals surface area (Å²) in [7, 11) is 0. The maximum atomic E-state index is 12.8. The van der Waals surface area contributed by atoms with E-state index in [-0.39, 0.29) is 18.3 Å². The first-order valence-electron chi connectivity index (χ1n) is 9.06. The van der Waals surface area contributed by atoms with E-state index in [0.717, 1.165) is 11.1 Å². The molecule has 4 nitrogen and oxygen atoms in total. The van der Waals surface area contributed by atoms with Gasteiger partial charge in [0.1, 0.15) is 11.7 Å².